The Labute approximate surface area is 138 Å². The van der Waals surface area contributed by atoms with Gasteiger partial charge in [0.15, 0.2) is 0 Å². The monoisotopic (exact) mass is 328 g/mol. The molecule has 1 aromatic rings. The number of hydrogen-bond donors (Lipinski definition) is 2. The van der Waals surface area contributed by atoms with Crippen LogP contribution in [0.4, 0.5) is 0 Å². The molecule has 0 radical (unpaired) electrons. The molecule has 0 spiro atoms. The quantitative estimate of drug-likeness (QED) is 0.780. The normalized spacial score (nSPS) is 16.5. The van der Waals surface area contributed by atoms with Crippen LogP contribution in [0, 0.1) is 6.92 Å². The molecule has 0 atom stereocenters. The van der Waals surface area contributed by atoms with Crippen LogP contribution < -0.4 is 15.4 Å². The van der Waals surface area contributed by atoms with Crippen molar-refractivity contribution < 1.29 is 14.3 Å². The van der Waals surface area contributed by atoms with Crippen LogP contribution in [0.5, 0.6) is 5.75 Å². The van der Waals surface area contributed by atoms with Gasteiger partial charge in [-0.1, -0.05) is 12.1 Å². The van der Waals surface area contributed by atoms with Crippen molar-refractivity contribution in [1.82, 2.24) is 10.6 Å². The molecular formula is C16H25ClN2O3. The number of benzene rings is 1. The van der Waals surface area contributed by atoms with Gasteiger partial charge in [0.05, 0.1) is 6.54 Å². The van der Waals surface area contributed by atoms with E-state index in [-0.39, 0.29) is 18.3 Å². The van der Waals surface area contributed by atoms with Gasteiger partial charge in [-0.25, -0.2) is 0 Å². The second-order valence-electron chi connectivity index (χ2n) is 5.37. The van der Waals surface area contributed by atoms with E-state index in [4.69, 9.17) is 9.47 Å². The Hall–Kier alpha value is -1.30. The van der Waals surface area contributed by atoms with Gasteiger partial charge in [0.2, 0.25) is 0 Å². The number of methoxy groups -OCH3 is 1. The zero-order valence-corrected chi connectivity index (χ0v) is 14.0. The molecule has 124 valence electrons. The van der Waals surface area contributed by atoms with Crippen LogP contribution in [-0.4, -0.2) is 44.9 Å². The number of carbonyl (C=O) groups is 1. The van der Waals surface area contributed by atoms with Gasteiger partial charge in [-0.05, 0) is 50.6 Å². The first-order valence-electron chi connectivity index (χ1n) is 7.40. The van der Waals surface area contributed by atoms with E-state index in [9.17, 15) is 4.79 Å². The minimum atomic E-state index is -0.686. The maximum absolute atomic E-state index is 12.3. The number of piperidine rings is 1. The lowest BCUT2D eigenvalue weighted by Crippen LogP contribution is -2.54. The Bertz CT molecular complexity index is 476. The number of hydrogen-bond acceptors (Lipinski definition) is 4. The van der Waals surface area contributed by atoms with E-state index < -0.39 is 5.60 Å². The lowest BCUT2D eigenvalue weighted by atomic mass is 9.91. The number of nitrogens with one attached hydrogen (secondary N) is 2. The number of halogens is 1. The molecule has 2 N–H and O–H groups in total. The van der Waals surface area contributed by atoms with E-state index in [0.29, 0.717) is 26.0 Å². The van der Waals surface area contributed by atoms with E-state index in [0.717, 1.165) is 24.4 Å². The number of ether oxygens (including phenoxy) is 2. The molecular weight excluding hydrogens is 304 g/mol. The molecule has 1 amide bonds. The van der Waals surface area contributed by atoms with Crippen molar-refractivity contribution in [2.45, 2.75) is 25.4 Å². The van der Waals surface area contributed by atoms with Gasteiger partial charge in [-0.2, -0.15) is 0 Å². The molecule has 1 aliphatic rings. The molecule has 1 saturated heterocycles. The molecule has 1 fully saturated rings. The van der Waals surface area contributed by atoms with Crippen LogP contribution in [-0.2, 0) is 9.53 Å². The molecule has 5 nitrogen and oxygen atoms in total. The summed E-state index contributed by atoms with van der Waals surface area (Å²) in [5, 5.41) is 6.15. The summed E-state index contributed by atoms with van der Waals surface area (Å²) in [6, 6.07) is 7.87. The standard InChI is InChI=1S/C16H24N2O3.ClH/c1-13-4-3-5-14(12-13)21-11-10-18-15(19)16(20-2)6-8-17-9-7-16;/h3-5,12,17H,6-11H2,1-2H3,(H,18,19);1H. The highest BCUT2D eigenvalue weighted by molar-refractivity contribution is 5.85. The summed E-state index contributed by atoms with van der Waals surface area (Å²) >= 11 is 0. The SMILES string of the molecule is COC1(C(=O)NCCOc2cccc(C)c2)CCNCC1.Cl. The number of aryl methyl sites for hydroxylation is 1. The van der Waals surface area contributed by atoms with Crippen molar-refractivity contribution in [2.24, 2.45) is 0 Å². The fourth-order valence-electron chi connectivity index (χ4n) is 2.55. The Morgan fingerprint density at radius 1 is 1.36 bits per heavy atom. The van der Waals surface area contributed by atoms with E-state index in [1.54, 1.807) is 7.11 Å². The topological polar surface area (TPSA) is 59.6 Å². The third-order valence-electron chi connectivity index (χ3n) is 3.86. The van der Waals surface area contributed by atoms with Crippen LogP contribution in [0.3, 0.4) is 0 Å². The summed E-state index contributed by atoms with van der Waals surface area (Å²) in [7, 11) is 1.61. The summed E-state index contributed by atoms with van der Waals surface area (Å²) in [6.07, 6.45) is 1.40. The molecule has 2 rings (SSSR count). The highest BCUT2D eigenvalue weighted by Crippen LogP contribution is 2.22. The van der Waals surface area contributed by atoms with Crippen LogP contribution >= 0.6 is 12.4 Å². The van der Waals surface area contributed by atoms with Crippen molar-refractivity contribution in [1.29, 1.82) is 0 Å². The molecule has 1 heterocycles. The van der Waals surface area contributed by atoms with Gasteiger partial charge in [-0.3, -0.25) is 4.79 Å². The zero-order valence-electron chi connectivity index (χ0n) is 13.2. The van der Waals surface area contributed by atoms with Gasteiger partial charge in [0, 0.05) is 7.11 Å². The van der Waals surface area contributed by atoms with Crippen molar-refractivity contribution in [3.05, 3.63) is 29.8 Å². The van der Waals surface area contributed by atoms with Crippen molar-refractivity contribution in [2.75, 3.05) is 33.4 Å². The Balaban J connectivity index is 0.00000242. The predicted octanol–water partition coefficient (Wildman–Crippen LogP) is 1.68. The van der Waals surface area contributed by atoms with Crippen molar-refractivity contribution in [3.8, 4) is 5.75 Å². The largest absolute Gasteiger partial charge is 0.492 e. The average molecular weight is 329 g/mol. The van der Waals surface area contributed by atoms with Crippen LogP contribution in [0.2, 0.25) is 0 Å². The zero-order chi connectivity index (χ0) is 15.1. The molecule has 1 aliphatic heterocycles. The molecule has 0 bridgehead atoms. The summed E-state index contributed by atoms with van der Waals surface area (Å²) < 4.78 is 11.1. The third kappa shape index (κ3) is 4.87. The first-order valence-corrected chi connectivity index (χ1v) is 7.40. The molecule has 1 aromatic carbocycles. The van der Waals surface area contributed by atoms with Crippen LogP contribution in [0.25, 0.3) is 0 Å². The predicted molar refractivity (Wildman–Crippen MR) is 88.8 cm³/mol. The second-order valence-corrected chi connectivity index (χ2v) is 5.37. The molecule has 0 aliphatic carbocycles. The molecule has 6 heteroatoms. The summed E-state index contributed by atoms with van der Waals surface area (Å²) in [5.41, 5.74) is 0.471. The number of carbonyl (C=O) groups excluding carboxylic acids is 1. The summed E-state index contributed by atoms with van der Waals surface area (Å²) in [5.74, 6) is 0.784. The maximum Gasteiger partial charge on any atom is 0.252 e. The Morgan fingerprint density at radius 2 is 2.09 bits per heavy atom. The Morgan fingerprint density at radius 3 is 2.73 bits per heavy atom. The highest BCUT2D eigenvalue weighted by Gasteiger charge is 2.39. The minimum absolute atomic E-state index is 0. The van der Waals surface area contributed by atoms with Crippen molar-refractivity contribution in [3.63, 3.8) is 0 Å². The number of amides is 1. The van der Waals surface area contributed by atoms with Gasteiger partial charge in [0.25, 0.3) is 5.91 Å². The van der Waals surface area contributed by atoms with Gasteiger partial charge in [-0.15, -0.1) is 12.4 Å². The van der Waals surface area contributed by atoms with Crippen LogP contribution in [0.15, 0.2) is 24.3 Å². The van der Waals surface area contributed by atoms with Gasteiger partial charge >= 0.3 is 0 Å². The third-order valence-corrected chi connectivity index (χ3v) is 3.86. The van der Waals surface area contributed by atoms with E-state index in [1.165, 1.54) is 0 Å². The smallest absolute Gasteiger partial charge is 0.252 e. The van der Waals surface area contributed by atoms with Crippen LogP contribution in [0.1, 0.15) is 18.4 Å². The second kappa shape index (κ2) is 8.98. The average Bonchev–Trinajstić information content (AvgIpc) is 2.52. The fourth-order valence-corrected chi connectivity index (χ4v) is 2.55. The number of rotatable bonds is 6. The van der Waals surface area contributed by atoms with Crippen molar-refractivity contribution >= 4 is 18.3 Å². The van der Waals surface area contributed by atoms with E-state index in [2.05, 4.69) is 10.6 Å². The fraction of sp³-hybridized carbons (Fsp3) is 0.562. The minimum Gasteiger partial charge on any atom is -0.492 e. The van der Waals surface area contributed by atoms with Gasteiger partial charge in [0.1, 0.15) is 18.0 Å². The lowest BCUT2D eigenvalue weighted by molar-refractivity contribution is -0.146. The van der Waals surface area contributed by atoms with E-state index in [1.807, 2.05) is 31.2 Å². The molecule has 22 heavy (non-hydrogen) atoms. The molecule has 0 aromatic heterocycles. The highest BCUT2D eigenvalue weighted by atomic mass is 35.5. The lowest BCUT2D eigenvalue weighted by Gasteiger charge is -2.34. The Kier molecular flexibility index (Phi) is 7.65. The first kappa shape index (κ1) is 18.7. The molecule has 0 saturated carbocycles. The first-order chi connectivity index (χ1) is 10.2. The van der Waals surface area contributed by atoms with Gasteiger partial charge < -0.3 is 20.1 Å². The summed E-state index contributed by atoms with van der Waals surface area (Å²) in [6.45, 7) is 4.56. The summed E-state index contributed by atoms with van der Waals surface area (Å²) in [4.78, 5) is 12.3. The maximum atomic E-state index is 12.3. The molecule has 0 unspecified atom stereocenters. The van der Waals surface area contributed by atoms with E-state index >= 15 is 0 Å².